The van der Waals surface area contributed by atoms with Crippen molar-refractivity contribution in [3.05, 3.63) is 155 Å². The van der Waals surface area contributed by atoms with Crippen LogP contribution < -0.4 is 9.80 Å². The van der Waals surface area contributed by atoms with Crippen molar-refractivity contribution >= 4 is 56.5 Å². The van der Waals surface area contributed by atoms with Gasteiger partial charge in [0.25, 0.3) is 17.6 Å². The van der Waals surface area contributed by atoms with Crippen LogP contribution in [0.1, 0.15) is 89.0 Å². The maximum absolute atomic E-state index is 13.2. The lowest BCUT2D eigenvalue weighted by Gasteiger charge is -2.40. The quantitative estimate of drug-likeness (QED) is 0.127. The molecule has 2 fully saturated rings. The summed E-state index contributed by atoms with van der Waals surface area (Å²) in [4.78, 5) is 58.6. The maximum Gasteiger partial charge on any atom is 0.303 e. The number of hydrogen-bond donors (Lipinski definition) is 0. The second-order valence-electron chi connectivity index (χ2n) is 17.5. The van der Waals surface area contributed by atoms with Gasteiger partial charge in [-0.25, -0.2) is 0 Å². The summed E-state index contributed by atoms with van der Waals surface area (Å²) >= 11 is 0. The number of ketones is 1. The fourth-order valence-corrected chi connectivity index (χ4v) is 11.5. The van der Waals surface area contributed by atoms with Crippen LogP contribution in [0.15, 0.2) is 121 Å². The number of piperidine rings is 2. The Kier molecular flexibility index (Phi) is 9.35. The van der Waals surface area contributed by atoms with E-state index in [2.05, 4.69) is 82.6 Å². The molecule has 61 heavy (non-hydrogen) atoms. The summed E-state index contributed by atoms with van der Waals surface area (Å²) < 4.78 is 5.40. The van der Waals surface area contributed by atoms with Gasteiger partial charge in [0, 0.05) is 62.8 Å². The highest BCUT2D eigenvalue weighted by Gasteiger charge is 2.45. The molecule has 0 saturated carbocycles. The molecular weight excluding hydrogens is 761 g/mol. The van der Waals surface area contributed by atoms with Crippen LogP contribution >= 0.6 is 0 Å². The molecule has 0 N–H and O–H groups in total. The molecule has 6 aliphatic rings. The summed E-state index contributed by atoms with van der Waals surface area (Å²) in [5.41, 5.74) is 8.80. The number of anilines is 2. The molecule has 2 saturated heterocycles. The molecule has 0 aromatic heterocycles. The first kappa shape index (κ1) is 37.8. The number of nitrogens with zero attached hydrogens (tertiary/aromatic N) is 4. The summed E-state index contributed by atoms with van der Waals surface area (Å²) in [6.45, 7) is 5.14. The van der Waals surface area contributed by atoms with Gasteiger partial charge in [-0.15, -0.1) is 0 Å². The second-order valence-corrected chi connectivity index (χ2v) is 17.5. The van der Waals surface area contributed by atoms with Gasteiger partial charge in [-0.3, -0.25) is 29.0 Å². The first-order chi connectivity index (χ1) is 29.8. The Morgan fingerprint density at radius 1 is 0.541 bits per heavy atom. The average Bonchev–Trinajstić information content (AvgIpc) is 4.01. The lowest BCUT2D eigenvalue weighted by atomic mass is 9.98. The fraction of sp³-hybridized carbons (Fsp3) is 0.308. The number of para-hydroxylation sites is 2. The first-order valence-electron chi connectivity index (χ1n) is 21.9. The lowest BCUT2D eigenvalue weighted by molar-refractivity contribution is -0.152. The summed E-state index contributed by atoms with van der Waals surface area (Å²) in [5, 5.41) is 5.51. The third kappa shape index (κ3) is 6.28. The van der Waals surface area contributed by atoms with Crippen molar-refractivity contribution in [2.75, 3.05) is 36.0 Å². The first-order valence-corrected chi connectivity index (χ1v) is 21.9. The number of likely N-dealkylation sites (tertiary alicyclic amines) is 2. The molecule has 306 valence electrons. The molecule has 0 spiro atoms. The van der Waals surface area contributed by atoms with Crippen LogP contribution in [0.5, 0.6) is 0 Å². The minimum Gasteiger partial charge on any atom is -0.447 e. The van der Waals surface area contributed by atoms with Crippen molar-refractivity contribution in [1.82, 2.24) is 9.80 Å². The van der Waals surface area contributed by atoms with Gasteiger partial charge < -0.3 is 14.5 Å². The minimum absolute atomic E-state index is 0.103. The summed E-state index contributed by atoms with van der Waals surface area (Å²) in [6, 6.07) is 42.7. The Morgan fingerprint density at radius 2 is 1.02 bits per heavy atom. The second kappa shape index (κ2) is 15.1. The molecule has 12 rings (SSSR count). The molecule has 4 aliphatic heterocycles. The molecule has 0 radical (unpaired) electrons. The third-order valence-corrected chi connectivity index (χ3v) is 14.2. The molecule has 3 atom stereocenters. The van der Waals surface area contributed by atoms with Crippen LogP contribution in [0.25, 0.3) is 21.5 Å². The normalized spacial score (nSPS) is 22.5. The molecule has 0 bridgehead atoms. The van der Waals surface area contributed by atoms with Gasteiger partial charge in [-0.1, -0.05) is 103 Å². The topological polar surface area (TPSA) is 90.5 Å². The monoisotopic (exact) mass is 808 g/mol. The average molecular weight is 809 g/mol. The van der Waals surface area contributed by atoms with E-state index in [1.807, 2.05) is 47.4 Å². The molecule has 6 aromatic carbocycles. The van der Waals surface area contributed by atoms with E-state index >= 15 is 0 Å². The zero-order valence-electron chi connectivity index (χ0n) is 34.3. The van der Waals surface area contributed by atoms with Crippen LogP contribution in [0, 0.1) is 0 Å². The summed E-state index contributed by atoms with van der Waals surface area (Å²) in [6.07, 6.45) is 4.92. The predicted molar refractivity (Wildman–Crippen MR) is 237 cm³/mol. The molecule has 3 unspecified atom stereocenters. The standard InChI is InChI=1S/C27H26N2O3.C25H22N2O2/c1-17(30)32-26-22-9-2-3-11-23(22)29(27(26)31)20-12-14-28(15-13-20)24-16-19-8-4-6-18-7-5-10-21(24)25(18)19;28-24-20-8-1-2-10-21(20)27(25(24)29)18-11-13-26(14-12-18)22-15-17-7-3-5-16-6-4-9-19(22)23(16)17/h2-11,20,24,26H,12-16H2,1H3;1-10,18,22H,11-15H2. The molecule has 2 aliphatic carbocycles. The molecular formula is C52H48N4O5. The van der Waals surface area contributed by atoms with Gasteiger partial charge in [-0.2, -0.15) is 0 Å². The van der Waals surface area contributed by atoms with E-state index in [0.29, 0.717) is 17.6 Å². The van der Waals surface area contributed by atoms with Gasteiger partial charge in [0.1, 0.15) is 0 Å². The number of esters is 1. The zero-order chi connectivity index (χ0) is 41.4. The van der Waals surface area contributed by atoms with Crippen LogP contribution in [0.3, 0.4) is 0 Å². The number of rotatable bonds is 5. The number of Topliss-reactive ketones (excluding diaryl/α,β-unsaturated/α-hetero) is 1. The number of hydrogen-bond acceptors (Lipinski definition) is 7. The predicted octanol–water partition coefficient (Wildman–Crippen LogP) is 8.68. The molecule has 2 amide bonds. The highest BCUT2D eigenvalue weighted by molar-refractivity contribution is 6.52. The van der Waals surface area contributed by atoms with Crippen molar-refractivity contribution in [2.45, 2.75) is 75.7 Å². The molecule has 6 aromatic rings. The van der Waals surface area contributed by atoms with Gasteiger partial charge >= 0.3 is 5.97 Å². The van der Waals surface area contributed by atoms with Crippen molar-refractivity contribution in [2.24, 2.45) is 0 Å². The number of amides is 2. The number of carbonyl (C=O) groups is 4. The van der Waals surface area contributed by atoms with Crippen LogP contribution in [0.2, 0.25) is 0 Å². The Balaban J connectivity index is 0.000000138. The van der Waals surface area contributed by atoms with E-state index in [0.717, 1.165) is 81.6 Å². The van der Waals surface area contributed by atoms with E-state index < -0.39 is 12.1 Å². The molecule has 9 nitrogen and oxygen atoms in total. The fourth-order valence-electron chi connectivity index (χ4n) is 11.5. The van der Waals surface area contributed by atoms with E-state index in [-0.39, 0.29) is 29.7 Å². The van der Waals surface area contributed by atoms with E-state index in [9.17, 15) is 19.2 Å². The highest BCUT2D eigenvalue weighted by atomic mass is 16.5. The number of ether oxygens (including phenoxy) is 1. The Bertz CT molecular complexity index is 2760. The number of carbonyl (C=O) groups excluding carboxylic acids is 4. The largest absolute Gasteiger partial charge is 0.447 e. The van der Waals surface area contributed by atoms with Crippen LogP contribution in [-0.2, 0) is 32.0 Å². The SMILES string of the molecule is CC(=O)OC1C(=O)N(C2CCN(C3Cc4cccc5cccc3c45)CC2)c2ccccc21.O=C1C(=O)N(C2CCN(C3Cc4cccc5cccc3c45)CC2)c2ccccc21. The Labute approximate surface area is 355 Å². The van der Waals surface area contributed by atoms with Crippen molar-refractivity contribution in [3.63, 3.8) is 0 Å². The van der Waals surface area contributed by atoms with Crippen LogP contribution in [0.4, 0.5) is 11.4 Å². The van der Waals surface area contributed by atoms with Gasteiger partial charge in [0.2, 0.25) is 6.10 Å². The van der Waals surface area contributed by atoms with Crippen molar-refractivity contribution in [3.8, 4) is 0 Å². The van der Waals surface area contributed by atoms with Gasteiger partial charge in [0.15, 0.2) is 0 Å². The highest BCUT2D eigenvalue weighted by Crippen LogP contribution is 2.45. The van der Waals surface area contributed by atoms with Crippen LogP contribution in [-0.4, -0.2) is 71.6 Å². The molecule has 9 heteroatoms. The van der Waals surface area contributed by atoms with Gasteiger partial charge in [-0.05, 0) is 101 Å². The Hall–Kier alpha value is -6.16. The van der Waals surface area contributed by atoms with E-state index in [4.69, 9.17) is 4.74 Å². The van der Waals surface area contributed by atoms with Gasteiger partial charge in [0.05, 0.1) is 16.9 Å². The minimum atomic E-state index is -0.816. The number of benzene rings is 6. The smallest absolute Gasteiger partial charge is 0.303 e. The zero-order valence-corrected chi connectivity index (χ0v) is 34.3. The summed E-state index contributed by atoms with van der Waals surface area (Å²) in [5.74, 6) is -1.26. The van der Waals surface area contributed by atoms with Crippen molar-refractivity contribution in [1.29, 1.82) is 0 Å². The van der Waals surface area contributed by atoms with Crippen molar-refractivity contribution < 1.29 is 23.9 Å². The van der Waals surface area contributed by atoms with E-state index in [1.165, 1.54) is 50.7 Å². The number of fused-ring (bicyclic) bond motifs is 2. The molecule has 4 heterocycles. The Morgan fingerprint density at radius 3 is 1.57 bits per heavy atom. The summed E-state index contributed by atoms with van der Waals surface area (Å²) in [7, 11) is 0. The maximum atomic E-state index is 13.2. The third-order valence-electron chi connectivity index (χ3n) is 14.2. The van der Waals surface area contributed by atoms with E-state index in [1.54, 1.807) is 11.0 Å². The lowest BCUT2D eigenvalue weighted by Crippen LogP contribution is -2.47.